The molecule has 0 saturated heterocycles. The maximum atomic E-state index is 13.9. The van der Waals surface area contributed by atoms with E-state index in [4.69, 9.17) is 27.9 Å². The van der Waals surface area contributed by atoms with Crippen molar-refractivity contribution in [3.8, 4) is 5.75 Å². The Balaban J connectivity index is 1.97. The molecule has 0 radical (unpaired) electrons. The fourth-order valence-electron chi connectivity index (χ4n) is 2.37. The first kappa shape index (κ1) is 14.9. The van der Waals surface area contributed by atoms with E-state index in [0.717, 1.165) is 10.0 Å². The van der Waals surface area contributed by atoms with Gasteiger partial charge >= 0.3 is 0 Å². The third kappa shape index (κ3) is 3.12. The second kappa shape index (κ2) is 6.03. The van der Waals surface area contributed by atoms with Crippen LogP contribution in [0.3, 0.4) is 0 Å². The summed E-state index contributed by atoms with van der Waals surface area (Å²) in [6, 6.07) is 8.12. The maximum absolute atomic E-state index is 13.9. The van der Waals surface area contributed by atoms with Crippen LogP contribution in [0.4, 0.5) is 10.1 Å². The molecule has 1 N–H and O–H groups in total. The molecule has 110 valence electrons. The lowest BCUT2D eigenvalue weighted by atomic mass is 10.00. The zero-order chi connectivity index (χ0) is 15.0. The minimum absolute atomic E-state index is 0.103. The molecule has 1 aliphatic heterocycles. The van der Waals surface area contributed by atoms with E-state index in [1.54, 1.807) is 24.3 Å². The molecule has 0 spiro atoms. The van der Waals surface area contributed by atoms with E-state index in [2.05, 4.69) is 21.2 Å². The first-order chi connectivity index (χ1) is 10.0. The molecular formula is C15H11BrCl2FNO. The van der Waals surface area contributed by atoms with Crippen molar-refractivity contribution in [2.75, 3.05) is 11.9 Å². The van der Waals surface area contributed by atoms with Gasteiger partial charge in [0.05, 0.1) is 23.4 Å². The first-order valence-electron chi connectivity index (χ1n) is 6.38. The number of halogens is 4. The molecule has 2 nitrogen and oxygen atoms in total. The van der Waals surface area contributed by atoms with Crippen molar-refractivity contribution in [1.29, 1.82) is 0 Å². The van der Waals surface area contributed by atoms with E-state index >= 15 is 0 Å². The summed E-state index contributed by atoms with van der Waals surface area (Å²) >= 11 is 15.6. The fraction of sp³-hybridized carbons (Fsp3) is 0.200. The van der Waals surface area contributed by atoms with Crippen molar-refractivity contribution in [2.24, 2.45) is 0 Å². The van der Waals surface area contributed by atoms with Crippen LogP contribution in [0.25, 0.3) is 0 Å². The predicted molar refractivity (Wildman–Crippen MR) is 87.0 cm³/mol. The zero-order valence-electron chi connectivity index (χ0n) is 10.8. The van der Waals surface area contributed by atoms with Gasteiger partial charge in [0.2, 0.25) is 0 Å². The van der Waals surface area contributed by atoms with Crippen molar-refractivity contribution in [3.05, 3.63) is 56.2 Å². The van der Waals surface area contributed by atoms with Crippen LogP contribution in [0.2, 0.25) is 10.0 Å². The molecule has 1 atom stereocenters. The van der Waals surface area contributed by atoms with Gasteiger partial charge in [0.1, 0.15) is 11.6 Å². The molecule has 1 unspecified atom stereocenters. The highest BCUT2D eigenvalue weighted by Gasteiger charge is 2.25. The molecule has 0 saturated carbocycles. The molecule has 21 heavy (non-hydrogen) atoms. The Labute approximate surface area is 140 Å². The number of benzene rings is 2. The summed E-state index contributed by atoms with van der Waals surface area (Å²) in [4.78, 5) is 0. The molecular weight excluding hydrogens is 380 g/mol. The third-order valence-corrected chi connectivity index (χ3v) is 4.32. The lowest BCUT2D eigenvalue weighted by Gasteiger charge is -2.28. The highest BCUT2D eigenvalue weighted by molar-refractivity contribution is 9.10. The quantitative estimate of drug-likeness (QED) is 0.696. The van der Waals surface area contributed by atoms with E-state index in [1.165, 1.54) is 6.07 Å². The molecule has 0 aromatic heterocycles. The van der Waals surface area contributed by atoms with Gasteiger partial charge in [0, 0.05) is 21.5 Å². The number of hydrogen-bond donors (Lipinski definition) is 1. The molecule has 0 amide bonds. The molecule has 6 heteroatoms. The lowest BCUT2D eigenvalue weighted by molar-refractivity contribution is 0.274. The SMILES string of the molecule is Fc1ccc(Br)cc1NC1CCOc2c(Cl)cc(Cl)cc21. The summed E-state index contributed by atoms with van der Waals surface area (Å²) in [7, 11) is 0. The Morgan fingerprint density at radius 3 is 2.86 bits per heavy atom. The van der Waals surface area contributed by atoms with Crippen LogP contribution in [0.15, 0.2) is 34.8 Å². The van der Waals surface area contributed by atoms with Crippen LogP contribution in [0.5, 0.6) is 5.75 Å². The predicted octanol–water partition coefficient (Wildman–Crippen LogP) is 5.83. The summed E-state index contributed by atoms with van der Waals surface area (Å²) in [5.74, 6) is 0.305. The molecule has 3 rings (SSSR count). The molecule has 1 heterocycles. The Kier molecular flexibility index (Phi) is 4.29. The topological polar surface area (TPSA) is 21.3 Å². The summed E-state index contributed by atoms with van der Waals surface area (Å²) in [6.45, 7) is 0.516. The Hall–Kier alpha value is -0.970. The third-order valence-electron chi connectivity index (χ3n) is 3.32. The van der Waals surface area contributed by atoms with Crippen LogP contribution in [-0.2, 0) is 0 Å². The average molecular weight is 391 g/mol. The summed E-state index contributed by atoms with van der Waals surface area (Å²) in [5.41, 5.74) is 1.27. The van der Waals surface area contributed by atoms with Gasteiger partial charge in [-0.3, -0.25) is 0 Å². The van der Waals surface area contributed by atoms with E-state index in [9.17, 15) is 4.39 Å². The number of fused-ring (bicyclic) bond motifs is 1. The van der Waals surface area contributed by atoms with Crippen molar-refractivity contribution >= 4 is 44.8 Å². The van der Waals surface area contributed by atoms with Crippen LogP contribution in [0, 0.1) is 5.82 Å². The smallest absolute Gasteiger partial charge is 0.146 e. The van der Waals surface area contributed by atoms with Crippen molar-refractivity contribution < 1.29 is 9.13 Å². The highest BCUT2D eigenvalue weighted by Crippen LogP contribution is 2.41. The Morgan fingerprint density at radius 1 is 1.24 bits per heavy atom. The van der Waals surface area contributed by atoms with Gasteiger partial charge < -0.3 is 10.1 Å². The van der Waals surface area contributed by atoms with E-state index in [-0.39, 0.29) is 11.9 Å². The van der Waals surface area contributed by atoms with Gasteiger partial charge in [-0.15, -0.1) is 0 Å². The Bertz CT molecular complexity index is 696. The minimum Gasteiger partial charge on any atom is -0.492 e. The summed E-state index contributed by atoms with van der Waals surface area (Å²) in [5, 5.41) is 4.20. The molecule has 1 aliphatic rings. The Morgan fingerprint density at radius 2 is 2.05 bits per heavy atom. The van der Waals surface area contributed by atoms with Crippen LogP contribution < -0.4 is 10.1 Å². The molecule has 0 bridgehead atoms. The minimum atomic E-state index is -0.306. The van der Waals surface area contributed by atoms with Gasteiger partial charge in [-0.25, -0.2) is 4.39 Å². The van der Waals surface area contributed by atoms with Crippen molar-refractivity contribution in [3.63, 3.8) is 0 Å². The van der Waals surface area contributed by atoms with Crippen molar-refractivity contribution in [2.45, 2.75) is 12.5 Å². The van der Waals surface area contributed by atoms with E-state index in [0.29, 0.717) is 34.5 Å². The van der Waals surface area contributed by atoms with Gasteiger partial charge in [0.15, 0.2) is 0 Å². The monoisotopic (exact) mass is 389 g/mol. The van der Waals surface area contributed by atoms with Gasteiger partial charge in [-0.1, -0.05) is 39.1 Å². The number of nitrogens with one attached hydrogen (secondary N) is 1. The number of rotatable bonds is 2. The zero-order valence-corrected chi connectivity index (χ0v) is 13.9. The highest BCUT2D eigenvalue weighted by atomic mass is 79.9. The summed E-state index contributed by atoms with van der Waals surface area (Å²) in [6.07, 6.45) is 0.704. The fourth-order valence-corrected chi connectivity index (χ4v) is 3.30. The first-order valence-corrected chi connectivity index (χ1v) is 7.93. The average Bonchev–Trinajstić information content (AvgIpc) is 2.43. The molecule has 0 fully saturated rings. The van der Waals surface area contributed by atoms with Gasteiger partial charge in [0.25, 0.3) is 0 Å². The number of hydrogen-bond acceptors (Lipinski definition) is 2. The van der Waals surface area contributed by atoms with Gasteiger partial charge in [-0.2, -0.15) is 0 Å². The second-order valence-corrected chi connectivity index (χ2v) is 6.52. The number of anilines is 1. The standard InChI is InChI=1S/C15H11BrCl2FNO/c16-8-1-2-12(19)14(5-8)20-13-3-4-21-15-10(13)6-9(17)7-11(15)18/h1-2,5-7,13,20H,3-4H2. The van der Waals surface area contributed by atoms with E-state index < -0.39 is 0 Å². The van der Waals surface area contributed by atoms with Crippen LogP contribution >= 0.6 is 39.1 Å². The normalized spacial score (nSPS) is 17.0. The van der Waals surface area contributed by atoms with Gasteiger partial charge in [-0.05, 0) is 30.3 Å². The maximum Gasteiger partial charge on any atom is 0.146 e. The van der Waals surface area contributed by atoms with E-state index in [1.807, 2.05) is 0 Å². The van der Waals surface area contributed by atoms with Crippen molar-refractivity contribution in [1.82, 2.24) is 0 Å². The second-order valence-electron chi connectivity index (χ2n) is 4.76. The number of ether oxygens (including phenoxy) is 1. The molecule has 2 aromatic rings. The largest absolute Gasteiger partial charge is 0.492 e. The van der Waals surface area contributed by atoms with Crippen LogP contribution in [-0.4, -0.2) is 6.61 Å². The molecule has 2 aromatic carbocycles. The lowest BCUT2D eigenvalue weighted by Crippen LogP contribution is -2.21. The summed E-state index contributed by atoms with van der Waals surface area (Å²) < 4.78 is 20.3. The molecule has 0 aliphatic carbocycles. The van der Waals surface area contributed by atoms with Crippen LogP contribution in [0.1, 0.15) is 18.0 Å².